The molecule has 5 rings (SSSR count). The van der Waals surface area contributed by atoms with Gasteiger partial charge in [-0.1, -0.05) is 11.6 Å². The van der Waals surface area contributed by atoms with E-state index in [2.05, 4.69) is 30.2 Å². The molecule has 1 atom stereocenters. The van der Waals surface area contributed by atoms with E-state index >= 15 is 0 Å². The van der Waals surface area contributed by atoms with Gasteiger partial charge in [-0.2, -0.15) is 10.1 Å². The lowest BCUT2D eigenvalue weighted by Crippen LogP contribution is -2.41. The van der Waals surface area contributed by atoms with Crippen LogP contribution in [0, 0.1) is 12.7 Å². The summed E-state index contributed by atoms with van der Waals surface area (Å²) in [5, 5.41) is 11.2. The van der Waals surface area contributed by atoms with Crippen molar-refractivity contribution in [1.82, 2.24) is 25.5 Å². The highest BCUT2D eigenvalue weighted by atomic mass is 35.5. The van der Waals surface area contributed by atoms with Gasteiger partial charge in [-0.05, 0) is 49.4 Å². The van der Waals surface area contributed by atoms with Crippen LogP contribution < -0.4 is 14.8 Å². The van der Waals surface area contributed by atoms with E-state index in [9.17, 15) is 12.8 Å². The van der Waals surface area contributed by atoms with Crippen LogP contribution in [-0.2, 0) is 14.8 Å². The first kappa shape index (κ1) is 24.4. The Morgan fingerprint density at radius 2 is 2.03 bits per heavy atom. The highest BCUT2D eigenvalue weighted by Crippen LogP contribution is 2.29. The molecule has 0 saturated carbocycles. The molecule has 0 aliphatic carbocycles. The van der Waals surface area contributed by atoms with Gasteiger partial charge in [-0.3, -0.25) is 9.82 Å². The molecule has 1 saturated heterocycles. The number of H-pyrrole nitrogens is 1. The quantitative estimate of drug-likeness (QED) is 0.330. The lowest BCUT2D eigenvalue weighted by molar-refractivity contribution is -0.000388. The number of rotatable bonds is 7. The second kappa shape index (κ2) is 9.97. The van der Waals surface area contributed by atoms with Gasteiger partial charge in [0.1, 0.15) is 28.8 Å². The number of sulfonamides is 1. The monoisotopic (exact) mass is 532 g/mol. The number of aryl methyl sites for hydroxylation is 1. The molecular formula is C23H22ClFN6O4S. The standard InChI is InChI=1S/C23H22ClFN6O4S/c1-13-20-22(30-29-13)27-21(28-23(20)35-12-17-11-26-8-9-34-17)14-2-5-16(6-3-14)31-36(32,33)19-10-15(24)4-7-18(19)25/h2-7,10,17,26,31H,8-9,11-12H2,1H3,(H,27,28,29,30). The highest BCUT2D eigenvalue weighted by Gasteiger charge is 2.21. The van der Waals surface area contributed by atoms with Gasteiger partial charge >= 0.3 is 0 Å². The third-order valence-electron chi connectivity index (χ3n) is 5.55. The van der Waals surface area contributed by atoms with Crippen LogP contribution in [0.5, 0.6) is 5.88 Å². The van der Waals surface area contributed by atoms with Crippen LogP contribution in [0.4, 0.5) is 10.1 Å². The molecule has 3 heterocycles. The van der Waals surface area contributed by atoms with Gasteiger partial charge in [-0.15, -0.1) is 0 Å². The number of fused-ring (bicyclic) bond motifs is 1. The maximum absolute atomic E-state index is 14.1. The summed E-state index contributed by atoms with van der Waals surface area (Å²) >= 11 is 5.84. The van der Waals surface area contributed by atoms with Crippen LogP contribution in [-0.4, -0.2) is 61.0 Å². The van der Waals surface area contributed by atoms with E-state index in [-0.39, 0.29) is 16.8 Å². The molecule has 0 amide bonds. The molecule has 2 aromatic carbocycles. The number of hydrogen-bond donors (Lipinski definition) is 3. The summed E-state index contributed by atoms with van der Waals surface area (Å²) in [5.41, 5.74) is 2.05. The minimum Gasteiger partial charge on any atom is -0.474 e. The van der Waals surface area contributed by atoms with E-state index in [1.54, 1.807) is 12.1 Å². The fraction of sp³-hybridized carbons (Fsp3) is 0.261. The summed E-state index contributed by atoms with van der Waals surface area (Å²) in [5.74, 6) is -0.180. The van der Waals surface area contributed by atoms with E-state index in [4.69, 9.17) is 21.1 Å². The van der Waals surface area contributed by atoms with E-state index in [0.29, 0.717) is 48.1 Å². The first-order valence-corrected chi connectivity index (χ1v) is 12.9. The molecule has 13 heteroatoms. The first-order valence-electron chi connectivity index (χ1n) is 11.1. The Morgan fingerprint density at radius 3 is 2.78 bits per heavy atom. The Balaban J connectivity index is 1.39. The third kappa shape index (κ3) is 5.12. The van der Waals surface area contributed by atoms with Crippen molar-refractivity contribution in [2.24, 2.45) is 0 Å². The molecule has 0 spiro atoms. The maximum atomic E-state index is 14.1. The van der Waals surface area contributed by atoms with Gasteiger partial charge in [0.05, 0.1) is 6.61 Å². The fourth-order valence-corrected chi connectivity index (χ4v) is 5.14. The number of halogens is 2. The zero-order chi connectivity index (χ0) is 25.3. The van der Waals surface area contributed by atoms with E-state index in [1.807, 2.05) is 6.92 Å². The number of aromatic amines is 1. The van der Waals surface area contributed by atoms with Crippen LogP contribution in [0.1, 0.15) is 5.69 Å². The van der Waals surface area contributed by atoms with Crippen molar-refractivity contribution in [2.45, 2.75) is 17.9 Å². The Kier molecular flexibility index (Phi) is 6.75. The predicted octanol–water partition coefficient (Wildman–Crippen LogP) is 3.29. The summed E-state index contributed by atoms with van der Waals surface area (Å²) in [6.07, 6.45) is -0.101. The van der Waals surface area contributed by atoms with Crippen LogP contribution in [0.2, 0.25) is 5.02 Å². The molecule has 0 bridgehead atoms. The van der Waals surface area contributed by atoms with E-state index in [0.717, 1.165) is 24.4 Å². The fourth-order valence-electron chi connectivity index (χ4n) is 3.74. The Labute approximate surface area is 211 Å². The average molecular weight is 533 g/mol. The van der Waals surface area contributed by atoms with Crippen molar-refractivity contribution in [1.29, 1.82) is 0 Å². The van der Waals surface area contributed by atoms with Crippen molar-refractivity contribution in [2.75, 3.05) is 31.0 Å². The smallest absolute Gasteiger partial charge is 0.264 e. The van der Waals surface area contributed by atoms with Crippen molar-refractivity contribution >= 4 is 38.3 Å². The van der Waals surface area contributed by atoms with Crippen molar-refractivity contribution in [3.63, 3.8) is 0 Å². The number of anilines is 1. The van der Waals surface area contributed by atoms with Gasteiger partial charge in [0.2, 0.25) is 5.88 Å². The van der Waals surface area contributed by atoms with Crippen molar-refractivity contribution in [3.8, 4) is 17.3 Å². The number of nitrogens with zero attached hydrogens (tertiary/aromatic N) is 3. The topological polar surface area (TPSA) is 131 Å². The summed E-state index contributed by atoms with van der Waals surface area (Å²) < 4.78 is 53.4. The zero-order valence-corrected chi connectivity index (χ0v) is 20.7. The molecule has 2 aromatic heterocycles. The molecule has 1 aliphatic heterocycles. The molecule has 1 unspecified atom stereocenters. The van der Waals surface area contributed by atoms with Gasteiger partial charge in [-0.25, -0.2) is 17.8 Å². The molecule has 4 aromatic rings. The molecule has 1 aliphatic rings. The average Bonchev–Trinajstić information content (AvgIpc) is 3.25. The minimum absolute atomic E-state index is 0.101. The number of ether oxygens (including phenoxy) is 2. The zero-order valence-electron chi connectivity index (χ0n) is 19.1. The molecule has 3 N–H and O–H groups in total. The number of aromatic nitrogens is 4. The SMILES string of the molecule is Cc1[nH]nc2nc(-c3ccc(NS(=O)(=O)c4cc(Cl)ccc4F)cc3)nc(OCC3CNCCO3)c12. The van der Waals surface area contributed by atoms with Crippen molar-refractivity contribution < 1.29 is 22.3 Å². The molecule has 36 heavy (non-hydrogen) atoms. The van der Waals surface area contributed by atoms with Gasteiger partial charge in [0.25, 0.3) is 10.0 Å². The molecule has 10 nitrogen and oxygen atoms in total. The first-order chi connectivity index (χ1) is 17.3. The normalized spacial score (nSPS) is 16.2. The molecule has 1 fully saturated rings. The minimum atomic E-state index is -4.19. The molecule has 0 radical (unpaired) electrons. The molecular weight excluding hydrogens is 511 g/mol. The van der Waals surface area contributed by atoms with E-state index in [1.165, 1.54) is 18.2 Å². The van der Waals surface area contributed by atoms with Crippen LogP contribution in [0.3, 0.4) is 0 Å². The second-order valence-electron chi connectivity index (χ2n) is 8.17. The Hall–Kier alpha value is -3.32. The van der Waals surface area contributed by atoms with Crippen molar-refractivity contribution in [3.05, 3.63) is 59.0 Å². The number of morpholine rings is 1. The largest absolute Gasteiger partial charge is 0.474 e. The predicted molar refractivity (Wildman–Crippen MR) is 132 cm³/mol. The Bertz CT molecular complexity index is 1510. The van der Waals surface area contributed by atoms with Gasteiger partial charge in [0, 0.05) is 35.1 Å². The van der Waals surface area contributed by atoms with Gasteiger partial charge in [0.15, 0.2) is 11.5 Å². The summed E-state index contributed by atoms with van der Waals surface area (Å²) in [4.78, 5) is 8.56. The second-order valence-corrected chi connectivity index (χ2v) is 10.3. The number of hydrogen-bond acceptors (Lipinski definition) is 8. The van der Waals surface area contributed by atoms with Crippen LogP contribution in [0.15, 0.2) is 47.4 Å². The van der Waals surface area contributed by atoms with Crippen LogP contribution in [0.25, 0.3) is 22.4 Å². The molecule has 188 valence electrons. The lowest BCUT2D eigenvalue weighted by atomic mass is 10.2. The van der Waals surface area contributed by atoms with E-state index < -0.39 is 20.7 Å². The summed E-state index contributed by atoms with van der Waals surface area (Å²) in [7, 11) is -4.19. The third-order valence-corrected chi connectivity index (χ3v) is 7.18. The van der Waals surface area contributed by atoms with Gasteiger partial charge < -0.3 is 14.8 Å². The van der Waals surface area contributed by atoms with Crippen LogP contribution >= 0.6 is 11.6 Å². The Morgan fingerprint density at radius 1 is 1.22 bits per heavy atom. The maximum Gasteiger partial charge on any atom is 0.264 e. The highest BCUT2D eigenvalue weighted by molar-refractivity contribution is 7.92. The lowest BCUT2D eigenvalue weighted by Gasteiger charge is -2.23. The number of benzene rings is 2. The number of nitrogens with one attached hydrogen (secondary N) is 3. The summed E-state index contributed by atoms with van der Waals surface area (Å²) in [6.45, 7) is 4.27. The summed E-state index contributed by atoms with van der Waals surface area (Å²) in [6, 6.07) is 9.68.